The van der Waals surface area contributed by atoms with Crippen LogP contribution in [0.15, 0.2) is 18.2 Å². The zero-order valence-corrected chi connectivity index (χ0v) is 12.6. The Bertz CT molecular complexity index is 417. The number of benzene rings is 1. The SMILES string of the molecule is CCNC1CCC(O)(c2cc(OC)cc(OC)c2)CC1. The van der Waals surface area contributed by atoms with Crippen molar-refractivity contribution in [1.29, 1.82) is 0 Å². The molecule has 0 atom stereocenters. The predicted octanol–water partition coefficient (Wildman–Crippen LogP) is 2.44. The van der Waals surface area contributed by atoms with Crippen LogP contribution in [0, 0.1) is 0 Å². The van der Waals surface area contributed by atoms with Gasteiger partial charge in [0.25, 0.3) is 0 Å². The Hall–Kier alpha value is -1.26. The van der Waals surface area contributed by atoms with E-state index >= 15 is 0 Å². The molecule has 1 aliphatic carbocycles. The molecule has 1 fully saturated rings. The second-order valence-electron chi connectivity index (χ2n) is 5.46. The Kier molecular flexibility index (Phi) is 4.89. The first kappa shape index (κ1) is 15.1. The van der Waals surface area contributed by atoms with Crippen LogP contribution in [0.25, 0.3) is 0 Å². The first-order chi connectivity index (χ1) is 9.61. The zero-order valence-electron chi connectivity index (χ0n) is 12.6. The molecule has 20 heavy (non-hydrogen) atoms. The van der Waals surface area contributed by atoms with Gasteiger partial charge in [0.15, 0.2) is 0 Å². The minimum absolute atomic E-state index is 0.521. The van der Waals surface area contributed by atoms with Crippen molar-refractivity contribution in [2.45, 2.75) is 44.2 Å². The van der Waals surface area contributed by atoms with Gasteiger partial charge in [-0.1, -0.05) is 6.92 Å². The second-order valence-corrected chi connectivity index (χ2v) is 5.46. The maximum atomic E-state index is 10.9. The summed E-state index contributed by atoms with van der Waals surface area (Å²) in [5.41, 5.74) is 0.122. The van der Waals surface area contributed by atoms with E-state index in [2.05, 4.69) is 12.2 Å². The van der Waals surface area contributed by atoms with Crippen molar-refractivity contribution in [1.82, 2.24) is 5.32 Å². The molecule has 0 spiro atoms. The van der Waals surface area contributed by atoms with Crippen molar-refractivity contribution in [3.8, 4) is 11.5 Å². The molecule has 2 N–H and O–H groups in total. The molecule has 0 aromatic heterocycles. The van der Waals surface area contributed by atoms with Crippen LogP contribution in [-0.2, 0) is 5.60 Å². The van der Waals surface area contributed by atoms with E-state index in [4.69, 9.17) is 9.47 Å². The minimum atomic E-state index is -0.770. The predicted molar refractivity (Wildman–Crippen MR) is 79.4 cm³/mol. The monoisotopic (exact) mass is 279 g/mol. The molecule has 4 nitrogen and oxygen atoms in total. The highest BCUT2D eigenvalue weighted by Crippen LogP contribution is 2.39. The van der Waals surface area contributed by atoms with Crippen LogP contribution < -0.4 is 14.8 Å². The number of hydrogen-bond acceptors (Lipinski definition) is 4. The molecule has 4 heteroatoms. The molecule has 112 valence electrons. The number of rotatable bonds is 5. The van der Waals surface area contributed by atoms with Gasteiger partial charge in [-0.2, -0.15) is 0 Å². The summed E-state index contributed by atoms with van der Waals surface area (Å²) in [6.45, 7) is 3.10. The molecule has 0 amide bonds. The van der Waals surface area contributed by atoms with E-state index in [1.807, 2.05) is 18.2 Å². The second kappa shape index (κ2) is 6.46. The highest BCUT2D eigenvalue weighted by Gasteiger charge is 2.35. The molecule has 1 saturated carbocycles. The Morgan fingerprint density at radius 3 is 2.15 bits per heavy atom. The summed E-state index contributed by atoms with van der Waals surface area (Å²) < 4.78 is 10.6. The molecular weight excluding hydrogens is 254 g/mol. The van der Waals surface area contributed by atoms with Gasteiger partial charge in [0, 0.05) is 12.1 Å². The van der Waals surface area contributed by atoms with E-state index < -0.39 is 5.60 Å². The Balaban J connectivity index is 2.18. The van der Waals surface area contributed by atoms with Gasteiger partial charge in [-0.15, -0.1) is 0 Å². The van der Waals surface area contributed by atoms with Crippen molar-refractivity contribution in [2.75, 3.05) is 20.8 Å². The van der Waals surface area contributed by atoms with Gasteiger partial charge in [0.05, 0.1) is 19.8 Å². The molecule has 0 bridgehead atoms. The number of aliphatic hydroxyl groups is 1. The highest BCUT2D eigenvalue weighted by molar-refractivity contribution is 5.41. The van der Waals surface area contributed by atoms with Crippen LogP contribution >= 0.6 is 0 Å². The fraction of sp³-hybridized carbons (Fsp3) is 0.625. The first-order valence-electron chi connectivity index (χ1n) is 7.30. The molecule has 1 aromatic rings. The normalized spacial score (nSPS) is 26.3. The van der Waals surface area contributed by atoms with Crippen molar-refractivity contribution < 1.29 is 14.6 Å². The molecule has 2 rings (SSSR count). The molecule has 0 heterocycles. The molecule has 0 saturated heterocycles. The third-order valence-corrected chi connectivity index (χ3v) is 4.19. The summed E-state index contributed by atoms with van der Waals surface area (Å²) in [7, 11) is 3.26. The number of methoxy groups -OCH3 is 2. The maximum Gasteiger partial charge on any atom is 0.122 e. The number of nitrogens with one attached hydrogen (secondary N) is 1. The molecule has 0 unspecified atom stereocenters. The van der Waals surface area contributed by atoms with E-state index in [1.54, 1.807) is 14.2 Å². The topological polar surface area (TPSA) is 50.7 Å². The zero-order chi connectivity index (χ0) is 14.6. The molecule has 0 aliphatic heterocycles. The van der Waals surface area contributed by atoms with E-state index in [0.717, 1.165) is 49.3 Å². The van der Waals surface area contributed by atoms with Gasteiger partial charge < -0.3 is 19.9 Å². The van der Waals surface area contributed by atoms with Crippen molar-refractivity contribution in [3.05, 3.63) is 23.8 Å². The lowest BCUT2D eigenvalue weighted by Crippen LogP contribution is -2.39. The smallest absolute Gasteiger partial charge is 0.122 e. The van der Waals surface area contributed by atoms with E-state index in [0.29, 0.717) is 6.04 Å². The van der Waals surface area contributed by atoms with Gasteiger partial charge in [0.1, 0.15) is 11.5 Å². The van der Waals surface area contributed by atoms with E-state index in [-0.39, 0.29) is 0 Å². The summed E-state index contributed by atoms with van der Waals surface area (Å²) in [6, 6.07) is 6.18. The third kappa shape index (κ3) is 3.25. The maximum absolute atomic E-state index is 10.9. The van der Waals surface area contributed by atoms with Gasteiger partial charge in [-0.25, -0.2) is 0 Å². The number of ether oxygens (including phenoxy) is 2. The minimum Gasteiger partial charge on any atom is -0.497 e. The summed E-state index contributed by atoms with van der Waals surface area (Å²) in [4.78, 5) is 0. The molecular formula is C16H25NO3. The number of hydrogen-bond donors (Lipinski definition) is 2. The third-order valence-electron chi connectivity index (χ3n) is 4.19. The standard InChI is InChI=1S/C16H25NO3/c1-4-17-13-5-7-16(18,8-6-13)12-9-14(19-2)11-15(10-12)20-3/h9-11,13,17-18H,4-8H2,1-3H3. The summed E-state index contributed by atoms with van der Waals surface area (Å²) in [6.07, 6.45) is 3.51. The highest BCUT2D eigenvalue weighted by atomic mass is 16.5. The van der Waals surface area contributed by atoms with E-state index in [9.17, 15) is 5.11 Å². The quantitative estimate of drug-likeness (QED) is 0.869. The van der Waals surface area contributed by atoms with Crippen LogP contribution in [-0.4, -0.2) is 31.9 Å². The van der Waals surface area contributed by atoms with Gasteiger partial charge in [0.2, 0.25) is 0 Å². The summed E-state index contributed by atoms with van der Waals surface area (Å²) in [5.74, 6) is 1.45. The summed E-state index contributed by atoms with van der Waals surface area (Å²) in [5, 5.41) is 14.4. The van der Waals surface area contributed by atoms with Crippen LogP contribution in [0.1, 0.15) is 38.2 Å². The Morgan fingerprint density at radius 2 is 1.70 bits per heavy atom. The lowest BCUT2D eigenvalue weighted by atomic mass is 9.77. The average Bonchev–Trinajstić information content (AvgIpc) is 2.49. The Morgan fingerprint density at radius 1 is 1.15 bits per heavy atom. The van der Waals surface area contributed by atoms with Crippen LogP contribution in [0.2, 0.25) is 0 Å². The summed E-state index contributed by atoms with van der Waals surface area (Å²) >= 11 is 0. The van der Waals surface area contributed by atoms with Crippen molar-refractivity contribution in [2.24, 2.45) is 0 Å². The van der Waals surface area contributed by atoms with Crippen LogP contribution in [0.3, 0.4) is 0 Å². The molecule has 1 aliphatic rings. The van der Waals surface area contributed by atoms with Crippen molar-refractivity contribution in [3.63, 3.8) is 0 Å². The fourth-order valence-corrected chi connectivity index (χ4v) is 2.95. The van der Waals surface area contributed by atoms with Gasteiger partial charge in [-0.3, -0.25) is 0 Å². The fourth-order valence-electron chi connectivity index (χ4n) is 2.95. The molecule has 0 radical (unpaired) electrons. The Labute approximate surface area is 121 Å². The first-order valence-corrected chi connectivity index (χ1v) is 7.30. The van der Waals surface area contributed by atoms with Crippen molar-refractivity contribution >= 4 is 0 Å². The largest absolute Gasteiger partial charge is 0.497 e. The van der Waals surface area contributed by atoms with Crippen LogP contribution in [0.4, 0.5) is 0 Å². The average molecular weight is 279 g/mol. The lowest BCUT2D eigenvalue weighted by molar-refractivity contribution is -0.00846. The van der Waals surface area contributed by atoms with Gasteiger partial charge >= 0.3 is 0 Å². The van der Waals surface area contributed by atoms with Crippen LogP contribution in [0.5, 0.6) is 11.5 Å². The van der Waals surface area contributed by atoms with Gasteiger partial charge in [-0.05, 0) is 49.9 Å². The molecule has 1 aromatic carbocycles. The van der Waals surface area contributed by atoms with E-state index in [1.165, 1.54) is 0 Å². The lowest BCUT2D eigenvalue weighted by Gasteiger charge is -2.37.